The smallest absolute Gasteiger partial charge is 0.339 e. The number of carbonyl (C=O) groups excluding carboxylic acids is 1. The van der Waals surface area contributed by atoms with Gasteiger partial charge in [-0.2, -0.15) is 0 Å². The van der Waals surface area contributed by atoms with E-state index in [-0.39, 0.29) is 12.6 Å². The van der Waals surface area contributed by atoms with E-state index >= 15 is 0 Å². The van der Waals surface area contributed by atoms with E-state index in [1.165, 1.54) is 11.3 Å². The third-order valence-corrected chi connectivity index (χ3v) is 4.87. The fraction of sp³-hybridized carbons (Fsp3) is 0.105. The number of aromatic nitrogens is 3. The largest absolute Gasteiger partial charge is 0.457 e. The maximum Gasteiger partial charge on any atom is 0.339 e. The predicted octanol–water partition coefficient (Wildman–Crippen LogP) is 4.15. The molecule has 0 saturated carbocycles. The van der Waals surface area contributed by atoms with Crippen molar-refractivity contribution >= 4 is 27.5 Å². The SMILES string of the molecule is Cc1nc2cccc(C(=O)OCc3ccc(-n4ccnc4)cc3)c2s1. The van der Waals surface area contributed by atoms with Gasteiger partial charge < -0.3 is 9.30 Å². The van der Waals surface area contributed by atoms with Gasteiger partial charge in [0, 0.05) is 18.1 Å². The molecule has 0 atom stereocenters. The maximum atomic E-state index is 12.4. The van der Waals surface area contributed by atoms with E-state index in [9.17, 15) is 4.79 Å². The number of hydrogen-bond acceptors (Lipinski definition) is 5. The molecule has 4 rings (SSSR count). The number of benzene rings is 2. The van der Waals surface area contributed by atoms with Crippen molar-refractivity contribution in [1.29, 1.82) is 0 Å². The van der Waals surface area contributed by atoms with Crippen molar-refractivity contribution in [2.75, 3.05) is 0 Å². The van der Waals surface area contributed by atoms with E-state index in [0.717, 1.165) is 26.5 Å². The van der Waals surface area contributed by atoms with Crippen LogP contribution in [0.3, 0.4) is 0 Å². The highest BCUT2D eigenvalue weighted by atomic mass is 32.1. The number of thiazole rings is 1. The summed E-state index contributed by atoms with van der Waals surface area (Å²) in [5, 5.41) is 0.936. The van der Waals surface area contributed by atoms with E-state index in [2.05, 4.69) is 9.97 Å². The highest BCUT2D eigenvalue weighted by Crippen LogP contribution is 2.26. The quantitative estimate of drug-likeness (QED) is 0.519. The van der Waals surface area contributed by atoms with E-state index in [1.54, 1.807) is 18.6 Å². The second kappa shape index (κ2) is 6.49. The van der Waals surface area contributed by atoms with Crippen molar-refractivity contribution in [3.8, 4) is 5.69 Å². The minimum absolute atomic E-state index is 0.233. The molecule has 124 valence electrons. The molecule has 0 bridgehead atoms. The molecule has 0 fully saturated rings. The minimum Gasteiger partial charge on any atom is -0.457 e. The van der Waals surface area contributed by atoms with E-state index in [1.807, 2.05) is 54.1 Å². The molecular formula is C19H15N3O2S. The molecule has 0 aliphatic carbocycles. The Hall–Kier alpha value is -2.99. The van der Waals surface area contributed by atoms with Crippen LogP contribution in [-0.4, -0.2) is 20.5 Å². The van der Waals surface area contributed by atoms with E-state index < -0.39 is 0 Å². The second-order valence-corrected chi connectivity index (χ2v) is 6.80. The molecule has 0 spiro atoms. The molecular weight excluding hydrogens is 334 g/mol. The van der Waals surface area contributed by atoms with Gasteiger partial charge in [0.05, 0.1) is 27.1 Å². The first-order valence-electron chi connectivity index (χ1n) is 7.81. The molecule has 0 radical (unpaired) electrons. The first kappa shape index (κ1) is 15.5. The number of imidazole rings is 1. The van der Waals surface area contributed by atoms with Gasteiger partial charge in [-0.3, -0.25) is 0 Å². The van der Waals surface area contributed by atoms with Gasteiger partial charge in [-0.05, 0) is 36.8 Å². The van der Waals surface area contributed by atoms with Gasteiger partial charge in [0.25, 0.3) is 0 Å². The van der Waals surface area contributed by atoms with Crippen LogP contribution in [0, 0.1) is 6.92 Å². The third kappa shape index (κ3) is 3.16. The Labute approximate surface area is 148 Å². The monoisotopic (exact) mass is 349 g/mol. The normalized spacial score (nSPS) is 10.9. The zero-order valence-corrected chi connectivity index (χ0v) is 14.4. The molecule has 2 aromatic heterocycles. The summed E-state index contributed by atoms with van der Waals surface area (Å²) in [6.45, 7) is 2.17. The Bertz CT molecular complexity index is 1020. The summed E-state index contributed by atoms with van der Waals surface area (Å²) in [6, 6.07) is 13.4. The predicted molar refractivity (Wildman–Crippen MR) is 97.0 cm³/mol. The van der Waals surface area contributed by atoms with Crippen LogP contribution in [0.5, 0.6) is 0 Å². The van der Waals surface area contributed by atoms with Crippen LogP contribution in [0.1, 0.15) is 20.9 Å². The summed E-state index contributed by atoms with van der Waals surface area (Å²) >= 11 is 1.51. The zero-order chi connectivity index (χ0) is 17.2. The van der Waals surface area contributed by atoms with Crippen LogP contribution in [0.15, 0.2) is 61.2 Å². The number of nitrogens with zero attached hydrogens (tertiary/aromatic N) is 3. The first-order valence-corrected chi connectivity index (χ1v) is 8.63. The minimum atomic E-state index is -0.326. The first-order chi connectivity index (χ1) is 12.2. The number of carbonyl (C=O) groups is 1. The Kier molecular flexibility index (Phi) is 4.03. The Balaban J connectivity index is 1.48. The Morgan fingerprint density at radius 3 is 2.80 bits per heavy atom. The lowest BCUT2D eigenvalue weighted by Gasteiger charge is -2.07. The average molecular weight is 349 g/mol. The summed E-state index contributed by atoms with van der Waals surface area (Å²) < 4.78 is 8.28. The van der Waals surface area contributed by atoms with Gasteiger partial charge in [-0.15, -0.1) is 11.3 Å². The lowest BCUT2D eigenvalue weighted by Crippen LogP contribution is -2.05. The van der Waals surface area contributed by atoms with Gasteiger partial charge >= 0.3 is 5.97 Å². The summed E-state index contributed by atoms with van der Waals surface area (Å²) in [6.07, 6.45) is 5.36. The molecule has 0 aliphatic rings. The molecule has 0 amide bonds. The molecule has 4 aromatic rings. The fourth-order valence-electron chi connectivity index (χ4n) is 2.62. The lowest BCUT2D eigenvalue weighted by atomic mass is 10.2. The number of ether oxygens (including phenoxy) is 1. The van der Waals surface area contributed by atoms with Crippen LogP contribution in [0.4, 0.5) is 0 Å². The standard InChI is InChI=1S/C19H15N3O2S/c1-13-21-17-4-2-3-16(18(17)25-13)19(23)24-11-14-5-7-15(8-6-14)22-10-9-20-12-22/h2-10,12H,11H2,1H3. The molecule has 2 heterocycles. The van der Waals surface area contributed by atoms with Crippen LogP contribution in [0.2, 0.25) is 0 Å². The van der Waals surface area contributed by atoms with E-state index in [4.69, 9.17) is 4.74 Å². The Morgan fingerprint density at radius 2 is 2.04 bits per heavy atom. The van der Waals surface area contributed by atoms with Gasteiger partial charge in [-0.25, -0.2) is 14.8 Å². The third-order valence-electron chi connectivity index (χ3n) is 3.85. The molecule has 25 heavy (non-hydrogen) atoms. The Morgan fingerprint density at radius 1 is 1.20 bits per heavy atom. The second-order valence-electron chi connectivity index (χ2n) is 5.60. The number of esters is 1. The van der Waals surface area contributed by atoms with Gasteiger partial charge in [0.15, 0.2) is 0 Å². The van der Waals surface area contributed by atoms with Crippen molar-refractivity contribution in [3.05, 3.63) is 77.3 Å². The van der Waals surface area contributed by atoms with Crippen LogP contribution in [0.25, 0.3) is 15.9 Å². The summed E-state index contributed by atoms with van der Waals surface area (Å²) in [4.78, 5) is 20.9. The van der Waals surface area contributed by atoms with Crippen molar-refractivity contribution in [2.45, 2.75) is 13.5 Å². The average Bonchev–Trinajstić information content (AvgIpc) is 3.28. The van der Waals surface area contributed by atoms with Crippen molar-refractivity contribution in [3.63, 3.8) is 0 Å². The molecule has 0 N–H and O–H groups in total. The molecule has 0 saturated heterocycles. The van der Waals surface area contributed by atoms with E-state index in [0.29, 0.717) is 5.56 Å². The lowest BCUT2D eigenvalue weighted by molar-refractivity contribution is 0.0475. The molecule has 6 heteroatoms. The molecule has 0 aliphatic heterocycles. The zero-order valence-electron chi connectivity index (χ0n) is 13.5. The van der Waals surface area contributed by atoms with Crippen molar-refractivity contribution in [1.82, 2.24) is 14.5 Å². The maximum absolute atomic E-state index is 12.4. The number of rotatable bonds is 4. The molecule has 5 nitrogen and oxygen atoms in total. The molecule has 0 unspecified atom stereocenters. The number of aryl methyl sites for hydroxylation is 1. The highest BCUT2D eigenvalue weighted by Gasteiger charge is 2.14. The topological polar surface area (TPSA) is 57.0 Å². The fourth-order valence-corrected chi connectivity index (χ4v) is 3.54. The number of hydrogen-bond donors (Lipinski definition) is 0. The van der Waals surface area contributed by atoms with Gasteiger partial charge in [-0.1, -0.05) is 18.2 Å². The molecule has 2 aromatic carbocycles. The van der Waals surface area contributed by atoms with Crippen molar-refractivity contribution < 1.29 is 9.53 Å². The summed E-state index contributed by atoms with van der Waals surface area (Å²) in [5.41, 5.74) is 3.35. The summed E-state index contributed by atoms with van der Waals surface area (Å²) in [5.74, 6) is -0.326. The van der Waals surface area contributed by atoms with Crippen LogP contribution >= 0.6 is 11.3 Å². The number of fused-ring (bicyclic) bond motifs is 1. The van der Waals surface area contributed by atoms with Gasteiger partial charge in [0.2, 0.25) is 0 Å². The summed E-state index contributed by atoms with van der Waals surface area (Å²) in [7, 11) is 0. The highest BCUT2D eigenvalue weighted by molar-refractivity contribution is 7.18. The van der Waals surface area contributed by atoms with Gasteiger partial charge in [0.1, 0.15) is 6.61 Å². The van der Waals surface area contributed by atoms with Crippen LogP contribution in [-0.2, 0) is 11.3 Å². The van der Waals surface area contributed by atoms with Crippen molar-refractivity contribution in [2.24, 2.45) is 0 Å². The van der Waals surface area contributed by atoms with Crippen LogP contribution < -0.4 is 0 Å².